The van der Waals surface area contributed by atoms with Crippen molar-refractivity contribution < 1.29 is 8.42 Å². The van der Waals surface area contributed by atoms with E-state index in [4.69, 9.17) is 4.98 Å². The zero-order valence-electron chi connectivity index (χ0n) is 18.8. The Bertz CT molecular complexity index is 1180. The van der Waals surface area contributed by atoms with Crippen molar-refractivity contribution in [3.63, 3.8) is 0 Å². The van der Waals surface area contributed by atoms with E-state index < -0.39 is 10.0 Å². The zero-order chi connectivity index (χ0) is 22.3. The molecule has 1 aliphatic heterocycles. The van der Waals surface area contributed by atoms with Crippen LogP contribution in [-0.4, -0.2) is 43.9 Å². The average molecular weight is 456 g/mol. The highest BCUT2D eigenvalue weighted by atomic mass is 32.2. The fraction of sp³-hybridized carbons (Fsp3) is 0.375. The summed E-state index contributed by atoms with van der Waals surface area (Å²) in [6.07, 6.45) is 0. The Hall–Kier alpha value is -2.22. The highest BCUT2D eigenvalue weighted by Gasteiger charge is 2.32. The molecule has 5 nitrogen and oxygen atoms in total. The molecular weight excluding hydrogens is 426 g/mol. The Balaban J connectivity index is 1.51. The predicted octanol–water partition coefficient (Wildman–Crippen LogP) is 4.86. The Morgan fingerprint density at radius 3 is 2.03 bits per heavy atom. The molecule has 164 valence electrons. The van der Waals surface area contributed by atoms with Crippen LogP contribution >= 0.6 is 11.3 Å². The minimum Gasteiger partial charge on any atom is -0.345 e. The molecule has 7 heteroatoms. The van der Waals surface area contributed by atoms with E-state index in [-0.39, 0.29) is 0 Å². The first-order valence-corrected chi connectivity index (χ1v) is 12.9. The molecule has 1 aromatic heterocycles. The Labute approximate surface area is 189 Å². The van der Waals surface area contributed by atoms with Gasteiger partial charge in [-0.25, -0.2) is 13.4 Å². The van der Waals surface area contributed by atoms with Gasteiger partial charge in [-0.15, -0.1) is 11.3 Å². The van der Waals surface area contributed by atoms with Crippen molar-refractivity contribution in [3.8, 4) is 11.3 Å². The fourth-order valence-corrected chi connectivity index (χ4v) is 6.97. The maximum absolute atomic E-state index is 13.5. The minimum atomic E-state index is -3.53. The zero-order valence-corrected chi connectivity index (χ0v) is 20.4. The van der Waals surface area contributed by atoms with Gasteiger partial charge < -0.3 is 4.90 Å². The van der Waals surface area contributed by atoms with E-state index in [2.05, 4.69) is 47.5 Å². The van der Waals surface area contributed by atoms with Crippen LogP contribution in [0.3, 0.4) is 0 Å². The first kappa shape index (κ1) is 22.0. The molecule has 0 spiro atoms. The van der Waals surface area contributed by atoms with Crippen molar-refractivity contribution in [1.29, 1.82) is 0 Å². The summed E-state index contributed by atoms with van der Waals surface area (Å²) >= 11 is 1.62. The van der Waals surface area contributed by atoms with Crippen LogP contribution in [0.25, 0.3) is 11.3 Å². The highest BCUT2D eigenvalue weighted by molar-refractivity contribution is 7.89. The first-order chi connectivity index (χ1) is 14.7. The smallest absolute Gasteiger partial charge is 0.243 e. The number of nitrogens with zero attached hydrogens (tertiary/aromatic N) is 3. The largest absolute Gasteiger partial charge is 0.345 e. The molecule has 0 radical (unpaired) electrons. The summed E-state index contributed by atoms with van der Waals surface area (Å²) in [4.78, 5) is 7.48. The topological polar surface area (TPSA) is 53.5 Å². The third kappa shape index (κ3) is 4.14. The van der Waals surface area contributed by atoms with Crippen LogP contribution < -0.4 is 4.90 Å². The second kappa shape index (κ2) is 8.37. The van der Waals surface area contributed by atoms with Gasteiger partial charge in [-0.2, -0.15) is 4.31 Å². The van der Waals surface area contributed by atoms with Crippen LogP contribution in [0.2, 0.25) is 0 Å². The van der Waals surface area contributed by atoms with Gasteiger partial charge in [0, 0.05) is 37.1 Å². The van der Waals surface area contributed by atoms with Gasteiger partial charge in [0.05, 0.1) is 10.6 Å². The number of rotatable bonds is 4. The normalized spacial score (nSPS) is 15.5. The number of aromatic nitrogens is 1. The number of sulfonamides is 1. The third-order valence-electron chi connectivity index (χ3n) is 6.24. The van der Waals surface area contributed by atoms with Crippen molar-refractivity contribution in [3.05, 3.63) is 63.5 Å². The molecule has 2 aromatic carbocycles. The van der Waals surface area contributed by atoms with Gasteiger partial charge in [-0.05, 0) is 56.9 Å². The van der Waals surface area contributed by atoms with Crippen LogP contribution in [0, 0.1) is 34.6 Å². The standard InChI is InChI=1S/C24H29N3O2S2/c1-16-6-8-21(9-7-16)22-15-30-24(25-22)26-10-12-27(13-11-26)31(28,29)23-19(4)17(2)14-18(3)20(23)5/h6-9,14-15H,10-13H2,1-5H3. The minimum absolute atomic E-state index is 0.466. The number of anilines is 1. The Morgan fingerprint density at radius 2 is 1.45 bits per heavy atom. The van der Waals surface area contributed by atoms with Crippen molar-refractivity contribution in [2.45, 2.75) is 39.5 Å². The molecule has 0 unspecified atom stereocenters. The molecule has 4 rings (SSSR count). The molecule has 0 bridgehead atoms. The van der Waals surface area contributed by atoms with E-state index in [1.54, 1.807) is 15.6 Å². The SMILES string of the molecule is Cc1ccc(-c2csc(N3CCN(S(=O)(=O)c4c(C)c(C)cc(C)c4C)CC3)n2)cc1. The van der Waals surface area contributed by atoms with Crippen molar-refractivity contribution >= 4 is 26.5 Å². The molecule has 3 aromatic rings. The Kier molecular flexibility index (Phi) is 5.94. The van der Waals surface area contributed by atoms with Crippen LogP contribution in [0.15, 0.2) is 40.6 Å². The summed E-state index contributed by atoms with van der Waals surface area (Å²) in [5.74, 6) is 0. The molecular formula is C24H29N3O2S2. The van der Waals surface area contributed by atoms with Gasteiger partial charge in [0.15, 0.2) is 5.13 Å². The van der Waals surface area contributed by atoms with Crippen molar-refractivity contribution in [1.82, 2.24) is 9.29 Å². The van der Waals surface area contributed by atoms with E-state index in [0.29, 0.717) is 31.1 Å². The third-order valence-corrected chi connectivity index (χ3v) is 9.32. The highest BCUT2D eigenvalue weighted by Crippen LogP contribution is 2.31. The van der Waals surface area contributed by atoms with Gasteiger partial charge in [-0.1, -0.05) is 35.9 Å². The van der Waals surface area contributed by atoms with E-state index >= 15 is 0 Å². The summed E-state index contributed by atoms with van der Waals surface area (Å²) < 4.78 is 28.6. The van der Waals surface area contributed by atoms with Gasteiger partial charge in [0.25, 0.3) is 0 Å². The van der Waals surface area contributed by atoms with Gasteiger partial charge >= 0.3 is 0 Å². The van der Waals surface area contributed by atoms with Gasteiger partial charge in [-0.3, -0.25) is 0 Å². The lowest BCUT2D eigenvalue weighted by Crippen LogP contribution is -2.49. The fourth-order valence-electron chi connectivity index (χ4n) is 4.08. The lowest BCUT2D eigenvalue weighted by atomic mass is 10.0. The number of thiazole rings is 1. The lowest BCUT2D eigenvalue weighted by molar-refractivity contribution is 0.384. The quantitative estimate of drug-likeness (QED) is 0.564. The number of hydrogen-bond acceptors (Lipinski definition) is 5. The van der Waals surface area contributed by atoms with E-state index in [0.717, 1.165) is 38.6 Å². The van der Waals surface area contributed by atoms with Crippen LogP contribution in [-0.2, 0) is 10.0 Å². The molecule has 1 fully saturated rings. The average Bonchev–Trinajstić information content (AvgIpc) is 3.23. The number of benzene rings is 2. The van der Waals surface area contributed by atoms with E-state index in [1.807, 2.05) is 27.7 Å². The monoisotopic (exact) mass is 455 g/mol. The molecule has 0 amide bonds. The summed E-state index contributed by atoms with van der Waals surface area (Å²) in [6, 6.07) is 10.4. The van der Waals surface area contributed by atoms with E-state index in [1.165, 1.54) is 5.56 Å². The molecule has 0 aliphatic carbocycles. The predicted molar refractivity (Wildman–Crippen MR) is 129 cm³/mol. The van der Waals surface area contributed by atoms with Gasteiger partial charge in [0.1, 0.15) is 0 Å². The molecule has 0 atom stereocenters. The maximum atomic E-state index is 13.5. The first-order valence-electron chi connectivity index (χ1n) is 10.5. The van der Waals surface area contributed by atoms with Crippen molar-refractivity contribution in [2.75, 3.05) is 31.1 Å². The molecule has 2 heterocycles. The lowest BCUT2D eigenvalue weighted by Gasteiger charge is -2.34. The number of piperazine rings is 1. The second-order valence-electron chi connectivity index (χ2n) is 8.36. The number of aryl methyl sites for hydroxylation is 3. The molecule has 1 aliphatic rings. The molecule has 31 heavy (non-hydrogen) atoms. The number of hydrogen-bond donors (Lipinski definition) is 0. The van der Waals surface area contributed by atoms with Crippen LogP contribution in [0.5, 0.6) is 0 Å². The van der Waals surface area contributed by atoms with Crippen LogP contribution in [0.1, 0.15) is 27.8 Å². The molecule has 0 N–H and O–H groups in total. The Morgan fingerprint density at radius 1 is 0.871 bits per heavy atom. The molecule has 1 saturated heterocycles. The molecule has 0 saturated carbocycles. The summed E-state index contributed by atoms with van der Waals surface area (Å²) in [5.41, 5.74) is 7.05. The van der Waals surface area contributed by atoms with Gasteiger partial charge in [0.2, 0.25) is 10.0 Å². The maximum Gasteiger partial charge on any atom is 0.243 e. The summed E-state index contributed by atoms with van der Waals surface area (Å²) in [7, 11) is -3.53. The second-order valence-corrected chi connectivity index (χ2v) is 11.1. The summed E-state index contributed by atoms with van der Waals surface area (Å²) in [6.45, 7) is 12.1. The summed E-state index contributed by atoms with van der Waals surface area (Å²) in [5, 5.41) is 3.03. The van der Waals surface area contributed by atoms with E-state index in [9.17, 15) is 8.42 Å². The van der Waals surface area contributed by atoms with Crippen molar-refractivity contribution in [2.24, 2.45) is 0 Å². The van der Waals surface area contributed by atoms with Crippen LogP contribution in [0.4, 0.5) is 5.13 Å².